The highest BCUT2D eigenvalue weighted by Gasteiger charge is 2.15. The van der Waals surface area contributed by atoms with Crippen LogP contribution >= 0.6 is 0 Å². The van der Waals surface area contributed by atoms with Gasteiger partial charge in [0.2, 0.25) is 0 Å². The van der Waals surface area contributed by atoms with E-state index in [4.69, 9.17) is 9.47 Å². The average Bonchev–Trinajstić information content (AvgIpc) is 3.24. The van der Waals surface area contributed by atoms with Gasteiger partial charge < -0.3 is 14.0 Å². The largest absolute Gasteiger partial charge is 0.496 e. The lowest BCUT2D eigenvalue weighted by atomic mass is 9.97. The zero-order valence-corrected chi connectivity index (χ0v) is 17.1. The Balaban J connectivity index is 1.70. The third-order valence-electron chi connectivity index (χ3n) is 4.97. The molecule has 0 spiro atoms. The van der Waals surface area contributed by atoms with E-state index in [0.29, 0.717) is 16.9 Å². The molecule has 0 aliphatic carbocycles. The van der Waals surface area contributed by atoms with Gasteiger partial charge in [0.1, 0.15) is 11.5 Å². The molecule has 4 aromatic rings. The fraction of sp³-hybridized carbons (Fsp3) is 0.120. The monoisotopic (exact) mass is 398 g/mol. The minimum atomic E-state index is -0.0709. The zero-order valence-electron chi connectivity index (χ0n) is 17.1. The molecule has 3 aromatic carbocycles. The number of rotatable bonds is 6. The molecule has 1 heterocycles. The molecule has 1 aromatic heterocycles. The Labute approximate surface area is 175 Å². The Morgan fingerprint density at radius 2 is 1.63 bits per heavy atom. The third-order valence-corrected chi connectivity index (χ3v) is 4.97. The van der Waals surface area contributed by atoms with Gasteiger partial charge in [0.25, 0.3) is 0 Å². The second-order valence-electron chi connectivity index (χ2n) is 6.92. The molecule has 5 heteroatoms. The molecule has 0 aliphatic heterocycles. The van der Waals surface area contributed by atoms with Crippen LogP contribution in [-0.4, -0.2) is 29.6 Å². The summed E-state index contributed by atoms with van der Waals surface area (Å²) in [7, 11) is 3.24. The third kappa shape index (κ3) is 3.70. The summed E-state index contributed by atoms with van der Waals surface area (Å²) in [5.74, 6) is 1.31. The highest BCUT2D eigenvalue weighted by molar-refractivity contribution is 6.10. The predicted octanol–water partition coefficient (Wildman–Crippen LogP) is 5.10. The molecule has 0 aliphatic rings. The van der Waals surface area contributed by atoms with Gasteiger partial charge >= 0.3 is 0 Å². The number of hydrogen-bond acceptors (Lipinski definition) is 4. The maximum Gasteiger partial charge on any atom is 0.193 e. The van der Waals surface area contributed by atoms with Crippen molar-refractivity contribution in [1.82, 2.24) is 9.55 Å². The fourth-order valence-electron chi connectivity index (χ4n) is 3.46. The van der Waals surface area contributed by atoms with Crippen molar-refractivity contribution < 1.29 is 14.3 Å². The molecule has 0 fully saturated rings. The number of carbonyl (C=O) groups excluding carboxylic acids is 1. The summed E-state index contributed by atoms with van der Waals surface area (Å²) in [6, 6.07) is 20.8. The minimum absolute atomic E-state index is 0.0709. The standard InChI is InChI=1S/C25H22N2O3/c1-17-15-27(16-26-17)22-12-11-20(14-24(22)30-3)25(28)19-8-6-7-18(13-19)21-9-4-5-10-23(21)29-2/h4-16H,1-3H3. The normalized spacial score (nSPS) is 10.6. The Hall–Kier alpha value is -3.86. The minimum Gasteiger partial charge on any atom is -0.496 e. The molecule has 0 saturated carbocycles. The first-order chi connectivity index (χ1) is 14.6. The summed E-state index contributed by atoms with van der Waals surface area (Å²) in [6.07, 6.45) is 3.64. The Morgan fingerprint density at radius 3 is 2.37 bits per heavy atom. The van der Waals surface area contributed by atoms with Gasteiger partial charge in [-0.25, -0.2) is 4.98 Å². The molecule has 30 heavy (non-hydrogen) atoms. The summed E-state index contributed by atoms with van der Waals surface area (Å²) in [6.45, 7) is 1.93. The van der Waals surface area contributed by atoms with Crippen LogP contribution in [0.2, 0.25) is 0 Å². The Bertz CT molecular complexity index is 1210. The van der Waals surface area contributed by atoms with Crippen molar-refractivity contribution in [2.24, 2.45) is 0 Å². The fourth-order valence-corrected chi connectivity index (χ4v) is 3.46. The number of methoxy groups -OCH3 is 2. The number of para-hydroxylation sites is 1. The van der Waals surface area contributed by atoms with Crippen molar-refractivity contribution in [3.8, 4) is 28.3 Å². The molecular formula is C25H22N2O3. The molecule has 0 atom stereocenters. The summed E-state index contributed by atoms with van der Waals surface area (Å²) in [5, 5.41) is 0. The number of nitrogens with zero attached hydrogens (tertiary/aromatic N) is 2. The molecule has 150 valence electrons. The van der Waals surface area contributed by atoms with E-state index in [1.165, 1.54) is 0 Å². The van der Waals surface area contributed by atoms with Gasteiger partial charge in [-0.2, -0.15) is 0 Å². The van der Waals surface area contributed by atoms with Crippen molar-refractivity contribution in [3.05, 3.63) is 96.1 Å². The summed E-state index contributed by atoms with van der Waals surface area (Å²) < 4.78 is 12.9. The topological polar surface area (TPSA) is 53.4 Å². The van der Waals surface area contributed by atoms with E-state index in [1.807, 2.05) is 78.4 Å². The number of carbonyl (C=O) groups is 1. The van der Waals surface area contributed by atoms with Crippen LogP contribution in [0.4, 0.5) is 0 Å². The molecular weight excluding hydrogens is 376 g/mol. The summed E-state index contributed by atoms with van der Waals surface area (Å²) in [4.78, 5) is 17.5. The maximum atomic E-state index is 13.2. The quantitative estimate of drug-likeness (QED) is 0.424. The molecule has 0 N–H and O–H groups in total. The van der Waals surface area contributed by atoms with Gasteiger partial charge in [-0.15, -0.1) is 0 Å². The van der Waals surface area contributed by atoms with Gasteiger partial charge in [0.15, 0.2) is 5.78 Å². The maximum absolute atomic E-state index is 13.2. The first-order valence-electron chi connectivity index (χ1n) is 9.58. The summed E-state index contributed by atoms with van der Waals surface area (Å²) in [5.41, 5.74) is 4.77. The SMILES string of the molecule is COc1ccccc1-c1cccc(C(=O)c2ccc(-n3cnc(C)c3)c(OC)c2)c1. The zero-order chi connectivity index (χ0) is 21.1. The second-order valence-corrected chi connectivity index (χ2v) is 6.92. The van der Waals surface area contributed by atoms with Gasteiger partial charge in [-0.05, 0) is 42.8 Å². The van der Waals surface area contributed by atoms with E-state index in [9.17, 15) is 4.79 Å². The highest BCUT2D eigenvalue weighted by atomic mass is 16.5. The summed E-state index contributed by atoms with van der Waals surface area (Å²) >= 11 is 0. The molecule has 0 amide bonds. The molecule has 0 unspecified atom stereocenters. The lowest BCUT2D eigenvalue weighted by Crippen LogP contribution is -2.04. The first-order valence-corrected chi connectivity index (χ1v) is 9.58. The van der Waals surface area contributed by atoms with Crippen molar-refractivity contribution in [2.75, 3.05) is 14.2 Å². The van der Waals surface area contributed by atoms with Crippen LogP contribution in [-0.2, 0) is 0 Å². The van der Waals surface area contributed by atoms with Gasteiger partial charge in [0.05, 0.1) is 31.9 Å². The molecule has 5 nitrogen and oxygen atoms in total. The van der Waals surface area contributed by atoms with E-state index in [0.717, 1.165) is 28.3 Å². The van der Waals surface area contributed by atoms with Crippen LogP contribution < -0.4 is 9.47 Å². The van der Waals surface area contributed by atoms with Crippen LogP contribution in [0.25, 0.3) is 16.8 Å². The molecule has 0 saturated heterocycles. The van der Waals surface area contributed by atoms with E-state index in [1.54, 1.807) is 26.6 Å². The Kier molecular flexibility index (Phi) is 5.35. The Morgan fingerprint density at radius 1 is 0.867 bits per heavy atom. The van der Waals surface area contributed by atoms with E-state index >= 15 is 0 Å². The van der Waals surface area contributed by atoms with E-state index in [-0.39, 0.29) is 5.78 Å². The van der Waals surface area contributed by atoms with Crippen LogP contribution in [0.15, 0.2) is 79.3 Å². The van der Waals surface area contributed by atoms with Crippen LogP contribution in [0.5, 0.6) is 11.5 Å². The number of aryl methyl sites for hydroxylation is 1. The number of imidazole rings is 1. The van der Waals surface area contributed by atoms with Crippen LogP contribution in [0.3, 0.4) is 0 Å². The lowest BCUT2D eigenvalue weighted by Gasteiger charge is -2.12. The highest BCUT2D eigenvalue weighted by Crippen LogP contribution is 2.31. The number of ether oxygens (including phenoxy) is 2. The van der Waals surface area contributed by atoms with Crippen LogP contribution in [0, 0.1) is 6.92 Å². The van der Waals surface area contributed by atoms with E-state index in [2.05, 4.69) is 4.98 Å². The van der Waals surface area contributed by atoms with Gasteiger partial charge in [0, 0.05) is 22.9 Å². The number of hydrogen-bond donors (Lipinski definition) is 0. The van der Waals surface area contributed by atoms with E-state index < -0.39 is 0 Å². The first kappa shape index (κ1) is 19.5. The number of benzene rings is 3. The molecule has 4 rings (SSSR count). The van der Waals surface area contributed by atoms with Crippen molar-refractivity contribution >= 4 is 5.78 Å². The average molecular weight is 398 g/mol. The van der Waals surface area contributed by atoms with Crippen molar-refractivity contribution in [3.63, 3.8) is 0 Å². The second kappa shape index (κ2) is 8.25. The molecule has 0 bridgehead atoms. The smallest absolute Gasteiger partial charge is 0.193 e. The molecule has 0 radical (unpaired) electrons. The van der Waals surface area contributed by atoms with Gasteiger partial charge in [-0.1, -0.05) is 36.4 Å². The van der Waals surface area contributed by atoms with Crippen LogP contribution in [0.1, 0.15) is 21.6 Å². The number of ketones is 1. The van der Waals surface area contributed by atoms with Crippen molar-refractivity contribution in [1.29, 1.82) is 0 Å². The predicted molar refractivity (Wildman–Crippen MR) is 117 cm³/mol. The van der Waals surface area contributed by atoms with Crippen molar-refractivity contribution in [2.45, 2.75) is 6.92 Å². The number of aromatic nitrogens is 2. The van der Waals surface area contributed by atoms with Gasteiger partial charge in [-0.3, -0.25) is 4.79 Å². The lowest BCUT2D eigenvalue weighted by molar-refractivity contribution is 0.103.